The summed E-state index contributed by atoms with van der Waals surface area (Å²) in [6, 6.07) is 9.92. The van der Waals surface area contributed by atoms with Crippen molar-refractivity contribution in [1.82, 2.24) is 15.3 Å². The molecule has 6 heteroatoms. The number of benzene rings is 1. The molecule has 0 spiro atoms. The van der Waals surface area contributed by atoms with Gasteiger partial charge in [0, 0.05) is 6.61 Å². The second kappa shape index (κ2) is 9.07. The SMILES string of the molecule is CCOCCOC(C)C(=O)NCc1ncc(-c2ccccc2)[nH]1. The van der Waals surface area contributed by atoms with Gasteiger partial charge in [-0.05, 0) is 19.4 Å². The number of ether oxygens (including phenoxy) is 2. The lowest BCUT2D eigenvalue weighted by Crippen LogP contribution is -2.35. The van der Waals surface area contributed by atoms with Gasteiger partial charge in [-0.25, -0.2) is 4.98 Å². The summed E-state index contributed by atoms with van der Waals surface area (Å²) in [5.41, 5.74) is 1.99. The van der Waals surface area contributed by atoms with Gasteiger partial charge in [-0.2, -0.15) is 0 Å². The highest BCUT2D eigenvalue weighted by Gasteiger charge is 2.13. The number of carbonyl (C=O) groups is 1. The molecule has 0 fully saturated rings. The molecular formula is C17H23N3O3. The first-order valence-electron chi connectivity index (χ1n) is 7.77. The van der Waals surface area contributed by atoms with Gasteiger partial charge < -0.3 is 19.8 Å². The van der Waals surface area contributed by atoms with Crippen molar-refractivity contribution in [2.75, 3.05) is 19.8 Å². The summed E-state index contributed by atoms with van der Waals surface area (Å²) < 4.78 is 10.6. The van der Waals surface area contributed by atoms with Crippen LogP contribution in [0.15, 0.2) is 36.5 Å². The Labute approximate surface area is 136 Å². The van der Waals surface area contributed by atoms with Crippen LogP contribution in [0.2, 0.25) is 0 Å². The minimum atomic E-state index is -0.515. The maximum atomic E-state index is 11.9. The molecule has 0 aliphatic heterocycles. The number of hydrogen-bond acceptors (Lipinski definition) is 4. The molecule has 2 rings (SSSR count). The number of H-pyrrole nitrogens is 1. The lowest BCUT2D eigenvalue weighted by molar-refractivity contribution is -0.132. The van der Waals surface area contributed by atoms with E-state index in [-0.39, 0.29) is 5.91 Å². The van der Waals surface area contributed by atoms with Crippen LogP contribution in [0.1, 0.15) is 19.7 Å². The molecule has 1 aromatic carbocycles. The minimum absolute atomic E-state index is 0.167. The molecule has 1 aromatic heterocycles. The molecule has 0 bridgehead atoms. The predicted molar refractivity (Wildman–Crippen MR) is 87.8 cm³/mol. The second-order valence-corrected chi connectivity index (χ2v) is 5.04. The number of imidazole rings is 1. The third-order valence-electron chi connectivity index (χ3n) is 3.31. The van der Waals surface area contributed by atoms with Crippen molar-refractivity contribution in [2.45, 2.75) is 26.5 Å². The fourth-order valence-corrected chi connectivity index (χ4v) is 2.04. The predicted octanol–water partition coefficient (Wildman–Crippen LogP) is 2.13. The molecule has 0 saturated heterocycles. The van der Waals surface area contributed by atoms with Crippen LogP contribution < -0.4 is 5.32 Å². The normalized spacial score (nSPS) is 12.1. The maximum absolute atomic E-state index is 11.9. The summed E-state index contributed by atoms with van der Waals surface area (Å²) in [7, 11) is 0. The van der Waals surface area contributed by atoms with E-state index in [9.17, 15) is 4.79 Å². The Hall–Kier alpha value is -2.18. The molecule has 1 heterocycles. The van der Waals surface area contributed by atoms with Gasteiger partial charge in [0.15, 0.2) is 0 Å². The van der Waals surface area contributed by atoms with Crippen LogP contribution in [0.5, 0.6) is 0 Å². The Morgan fingerprint density at radius 3 is 2.83 bits per heavy atom. The van der Waals surface area contributed by atoms with Gasteiger partial charge in [0.25, 0.3) is 0 Å². The summed E-state index contributed by atoms with van der Waals surface area (Å²) in [6.45, 7) is 5.52. The number of rotatable bonds is 9. The van der Waals surface area contributed by atoms with Crippen LogP contribution >= 0.6 is 0 Å². The van der Waals surface area contributed by atoms with E-state index in [0.29, 0.717) is 32.2 Å². The largest absolute Gasteiger partial charge is 0.379 e. The smallest absolute Gasteiger partial charge is 0.249 e. The van der Waals surface area contributed by atoms with Gasteiger partial charge in [-0.1, -0.05) is 30.3 Å². The molecule has 2 aromatic rings. The monoisotopic (exact) mass is 317 g/mol. The fraction of sp³-hybridized carbons (Fsp3) is 0.412. The Morgan fingerprint density at radius 2 is 2.09 bits per heavy atom. The van der Waals surface area contributed by atoms with Gasteiger partial charge in [0.2, 0.25) is 5.91 Å². The zero-order valence-corrected chi connectivity index (χ0v) is 13.5. The van der Waals surface area contributed by atoms with Crippen LogP contribution in [0, 0.1) is 0 Å². The van der Waals surface area contributed by atoms with Gasteiger partial charge in [0.05, 0.1) is 31.6 Å². The average molecular weight is 317 g/mol. The van der Waals surface area contributed by atoms with E-state index in [1.807, 2.05) is 37.3 Å². The Kier molecular flexibility index (Phi) is 6.77. The van der Waals surface area contributed by atoms with Crippen molar-refractivity contribution in [3.63, 3.8) is 0 Å². The van der Waals surface area contributed by atoms with E-state index in [1.165, 1.54) is 0 Å². The lowest BCUT2D eigenvalue weighted by Gasteiger charge is -2.12. The summed E-state index contributed by atoms with van der Waals surface area (Å²) in [5, 5.41) is 2.81. The summed E-state index contributed by atoms with van der Waals surface area (Å²) >= 11 is 0. The minimum Gasteiger partial charge on any atom is -0.379 e. The van der Waals surface area contributed by atoms with Gasteiger partial charge in [-0.3, -0.25) is 4.79 Å². The number of amides is 1. The van der Waals surface area contributed by atoms with Crippen molar-refractivity contribution in [3.8, 4) is 11.3 Å². The number of aromatic amines is 1. The fourth-order valence-electron chi connectivity index (χ4n) is 2.04. The zero-order chi connectivity index (χ0) is 16.5. The average Bonchev–Trinajstić information content (AvgIpc) is 3.06. The van der Waals surface area contributed by atoms with E-state index in [4.69, 9.17) is 9.47 Å². The summed E-state index contributed by atoms with van der Waals surface area (Å²) in [4.78, 5) is 19.4. The van der Waals surface area contributed by atoms with Gasteiger partial charge in [0.1, 0.15) is 11.9 Å². The summed E-state index contributed by atoms with van der Waals surface area (Å²) in [6.07, 6.45) is 1.25. The van der Waals surface area contributed by atoms with Crippen molar-refractivity contribution >= 4 is 5.91 Å². The first kappa shape index (κ1) is 17.2. The second-order valence-electron chi connectivity index (χ2n) is 5.04. The number of aromatic nitrogens is 2. The molecule has 0 radical (unpaired) electrons. The highest BCUT2D eigenvalue weighted by molar-refractivity contribution is 5.80. The Bertz CT molecular complexity index is 598. The summed E-state index contributed by atoms with van der Waals surface area (Å²) in [5.74, 6) is 0.540. The molecular weight excluding hydrogens is 294 g/mol. The van der Waals surface area contributed by atoms with Crippen LogP contribution in [-0.4, -0.2) is 41.8 Å². The molecule has 0 saturated carbocycles. The number of hydrogen-bond donors (Lipinski definition) is 2. The van der Waals surface area contributed by atoms with Crippen LogP contribution in [0.3, 0.4) is 0 Å². The molecule has 0 aliphatic carbocycles. The highest BCUT2D eigenvalue weighted by Crippen LogP contribution is 2.15. The van der Waals surface area contributed by atoms with Crippen molar-refractivity contribution in [3.05, 3.63) is 42.4 Å². The molecule has 0 aliphatic rings. The van der Waals surface area contributed by atoms with Crippen LogP contribution in [-0.2, 0) is 20.8 Å². The molecule has 1 atom stereocenters. The lowest BCUT2D eigenvalue weighted by atomic mass is 10.2. The van der Waals surface area contributed by atoms with E-state index in [2.05, 4.69) is 15.3 Å². The highest BCUT2D eigenvalue weighted by atomic mass is 16.5. The maximum Gasteiger partial charge on any atom is 0.249 e. The molecule has 1 unspecified atom stereocenters. The molecule has 6 nitrogen and oxygen atoms in total. The third kappa shape index (κ3) is 5.50. The first-order chi connectivity index (χ1) is 11.2. The van der Waals surface area contributed by atoms with E-state index in [0.717, 1.165) is 11.3 Å². The molecule has 2 N–H and O–H groups in total. The Balaban J connectivity index is 1.77. The van der Waals surface area contributed by atoms with Crippen molar-refractivity contribution in [2.24, 2.45) is 0 Å². The van der Waals surface area contributed by atoms with Crippen LogP contribution in [0.4, 0.5) is 0 Å². The zero-order valence-electron chi connectivity index (χ0n) is 13.5. The third-order valence-corrected chi connectivity index (χ3v) is 3.31. The molecule has 1 amide bonds. The van der Waals surface area contributed by atoms with Crippen molar-refractivity contribution < 1.29 is 14.3 Å². The number of carbonyl (C=O) groups excluding carboxylic acids is 1. The molecule has 23 heavy (non-hydrogen) atoms. The van der Waals surface area contributed by atoms with Crippen LogP contribution in [0.25, 0.3) is 11.3 Å². The number of nitrogens with zero attached hydrogens (tertiary/aromatic N) is 1. The standard InChI is InChI=1S/C17H23N3O3/c1-3-22-9-10-23-13(2)17(21)19-12-16-18-11-15(20-16)14-7-5-4-6-8-14/h4-8,11,13H,3,9-10,12H2,1-2H3,(H,18,20)(H,19,21). The van der Waals surface area contributed by atoms with Gasteiger partial charge >= 0.3 is 0 Å². The number of nitrogens with one attached hydrogen (secondary N) is 2. The van der Waals surface area contributed by atoms with E-state index >= 15 is 0 Å². The van der Waals surface area contributed by atoms with E-state index in [1.54, 1.807) is 13.1 Å². The molecule has 124 valence electrons. The quantitative estimate of drug-likeness (QED) is 0.695. The first-order valence-corrected chi connectivity index (χ1v) is 7.77. The van der Waals surface area contributed by atoms with Crippen molar-refractivity contribution in [1.29, 1.82) is 0 Å². The van der Waals surface area contributed by atoms with E-state index < -0.39 is 6.10 Å². The Morgan fingerprint density at radius 1 is 1.30 bits per heavy atom. The topological polar surface area (TPSA) is 76.2 Å². The van der Waals surface area contributed by atoms with Gasteiger partial charge in [-0.15, -0.1) is 0 Å².